The lowest BCUT2D eigenvalue weighted by atomic mass is 10.1. The first-order chi connectivity index (χ1) is 8.60. The number of anilines is 1. The fourth-order valence-corrected chi connectivity index (χ4v) is 1.85. The molecule has 4 nitrogen and oxygen atoms in total. The van der Waals surface area contributed by atoms with Gasteiger partial charge in [0.15, 0.2) is 0 Å². The molecule has 1 aromatic carbocycles. The molecule has 0 saturated heterocycles. The van der Waals surface area contributed by atoms with Crippen molar-refractivity contribution in [2.45, 2.75) is 13.8 Å². The van der Waals surface area contributed by atoms with Crippen molar-refractivity contribution in [3.63, 3.8) is 0 Å². The Hall–Kier alpha value is -1.62. The van der Waals surface area contributed by atoms with E-state index in [4.69, 9.17) is 4.74 Å². The number of aryl methyl sites for hydroxylation is 2. The highest BCUT2D eigenvalue weighted by atomic mass is 79.9. The number of benzene rings is 1. The maximum atomic E-state index is 5.73. The zero-order valence-electron chi connectivity index (χ0n) is 10.5. The lowest BCUT2D eigenvalue weighted by Gasteiger charge is -2.09. The largest absolute Gasteiger partial charge is 0.439 e. The van der Waals surface area contributed by atoms with Gasteiger partial charge in [0.25, 0.3) is 0 Å². The highest BCUT2D eigenvalue weighted by Gasteiger charge is 2.05. The third-order valence-electron chi connectivity index (χ3n) is 2.53. The summed E-state index contributed by atoms with van der Waals surface area (Å²) in [7, 11) is 1.81. The Morgan fingerprint density at radius 3 is 2.39 bits per heavy atom. The molecule has 94 valence electrons. The average Bonchev–Trinajstić information content (AvgIpc) is 2.36. The lowest BCUT2D eigenvalue weighted by Crippen LogP contribution is -1.95. The van der Waals surface area contributed by atoms with Crippen LogP contribution < -0.4 is 10.1 Å². The molecule has 18 heavy (non-hydrogen) atoms. The topological polar surface area (TPSA) is 47.0 Å². The normalized spacial score (nSPS) is 10.2. The summed E-state index contributed by atoms with van der Waals surface area (Å²) >= 11 is 3.53. The van der Waals surface area contributed by atoms with Gasteiger partial charge in [0, 0.05) is 17.6 Å². The summed E-state index contributed by atoms with van der Waals surface area (Å²) < 4.78 is 6.83. The first-order valence-electron chi connectivity index (χ1n) is 5.54. The molecule has 0 fully saturated rings. The van der Waals surface area contributed by atoms with E-state index in [-0.39, 0.29) is 0 Å². The predicted molar refractivity (Wildman–Crippen MR) is 75.3 cm³/mol. The van der Waals surface area contributed by atoms with Crippen LogP contribution in [0.3, 0.4) is 0 Å². The maximum Gasteiger partial charge on any atom is 0.224 e. The third-order valence-corrected chi connectivity index (χ3v) is 3.78. The Labute approximate surface area is 115 Å². The summed E-state index contributed by atoms with van der Waals surface area (Å²) in [6, 6.07) is 5.70. The minimum Gasteiger partial charge on any atom is -0.439 e. The van der Waals surface area contributed by atoms with Gasteiger partial charge >= 0.3 is 0 Å². The number of ether oxygens (including phenoxy) is 1. The summed E-state index contributed by atoms with van der Waals surface area (Å²) in [4.78, 5) is 8.12. The fraction of sp³-hybridized carbons (Fsp3) is 0.231. The van der Waals surface area contributed by atoms with Crippen LogP contribution in [0.1, 0.15) is 11.1 Å². The van der Waals surface area contributed by atoms with Crippen LogP contribution in [0, 0.1) is 13.8 Å². The van der Waals surface area contributed by atoms with E-state index in [0.717, 1.165) is 27.2 Å². The van der Waals surface area contributed by atoms with E-state index in [0.29, 0.717) is 5.88 Å². The van der Waals surface area contributed by atoms with Crippen LogP contribution in [-0.2, 0) is 0 Å². The molecule has 2 rings (SSSR count). The van der Waals surface area contributed by atoms with Gasteiger partial charge in [0.05, 0.1) is 0 Å². The van der Waals surface area contributed by atoms with Gasteiger partial charge in [-0.1, -0.05) is 15.9 Å². The van der Waals surface area contributed by atoms with E-state index in [1.807, 2.05) is 26.0 Å². The lowest BCUT2D eigenvalue weighted by molar-refractivity contribution is 0.461. The summed E-state index contributed by atoms with van der Waals surface area (Å²) in [6.45, 7) is 4.06. The number of aromatic nitrogens is 2. The van der Waals surface area contributed by atoms with Crippen LogP contribution >= 0.6 is 15.9 Å². The Bertz CT molecular complexity index is 549. The highest BCUT2D eigenvalue weighted by molar-refractivity contribution is 9.10. The molecule has 0 bridgehead atoms. The second-order valence-corrected chi connectivity index (χ2v) is 4.76. The van der Waals surface area contributed by atoms with Crippen molar-refractivity contribution >= 4 is 21.7 Å². The minimum absolute atomic E-state index is 0.524. The second kappa shape index (κ2) is 5.35. The van der Waals surface area contributed by atoms with Crippen molar-refractivity contribution in [3.05, 3.63) is 40.1 Å². The van der Waals surface area contributed by atoms with Gasteiger partial charge in [-0.2, -0.15) is 0 Å². The van der Waals surface area contributed by atoms with Gasteiger partial charge in [-0.15, -0.1) is 0 Å². The van der Waals surface area contributed by atoms with E-state index in [1.54, 1.807) is 13.1 Å². The van der Waals surface area contributed by atoms with Gasteiger partial charge in [0.1, 0.15) is 17.9 Å². The van der Waals surface area contributed by atoms with Crippen molar-refractivity contribution < 1.29 is 4.74 Å². The van der Waals surface area contributed by atoms with E-state index in [9.17, 15) is 0 Å². The fourth-order valence-electron chi connectivity index (χ4n) is 1.62. The van der Waals surface area contributed by atoms with Gasteiger partial charge < -0.3 is 10.1 Å². The monoisotopic (exact) mass is 307 g/mol. The summed E-state index contributed by atoms with van der Waals surface area (Å²) in [6.07, 6.45) is 1.47. The van der Waals surface area contributed by atoms with E-state index in [1.165, 1.54) is 6.33 Å². The molecule has 0 spiro atoms. The van der Waals surface area contributed by atoms with Crippen molar-refractivity contribution in [1.82, 2.24) is 9.97 Å². The van der Waals surface area contributed by atoms with Crippen molar-refractivity contribution in [2.24, 2.45) is 0 Å². The zero-order valence-corrected chi connectivity index (χ0v) is 12.1. The third kappa shape index (κ3) is 2.79. The Kier molecular flexibility index (Phi) is 3.81. The molecule has 0 aliphatic rings. The molecule has 0 amide bonds. The molecule has 5 heteroatoms. The first-order valence-corrected chi connectivity index (χ1v) is 6.34. The molecule has 0 aliphatic carbocycles. The molecule has 1 heterocycles. The van der Waals surface area contributed by atoms with Crippen LogP contribution in [0.15, 0.2) is 29.0 Å². The molecule has 1 N–H and O–H groups in total. The van der Waals surface area contributed by atoms with Crippen LogP contribution in [0.2, 0.25) is 0 Å². The molecule has 0 unspecified atom stereocenters. The van der Waals surface area contributed by atoms with Gasteiger partial charge in [0.2, 0.25) is 5.88 Å². The van der Waals surface area contributed by atoms with Crippen molar-refractivity contribution in [1.29, 1.82) is 0 Å². The summed E-state index contributed by atoms with van der Waals surface area (Å²) in [5.41, 5.74) is 2.26. The summed E-state index contributed by atoms with van der Waals surface area (Å²) in [5, 5.41) is 2.95. The number of nitrogens with zero attached hydrogens (tertiary/aromatic N) is 2. The number of halogens is 1. The second-order valence-electron chi connectivity index (χ2n) is 3.96. The highest BCUT2D eigenvalue weighted by Crippen LogP contribution is 2.29. The number of rotatable bonds is 3. The molecular weight excluding hydrogens is 294 g/mol. The van der Waals surface area contributed by atoms with Gasteiger partial charge in [-0.05, 0) is 37.1 Å². The van der Waals surface area contributed by atoms with Gasteiger partial charge in [-0.3, -0.25) is 0 Å². The first kappa shape index (κ1) is 12.8. The SMILES string of the molecule is CNc1cc(Oc2cc(C)c(Br)c(C)c2)ncn1. The van der Waals surface area contributed by atoms with E-state index >= 15 is 0 Å². The maximum absolute atomic E-state index is 5.73. The quantitative estimate of drug-likeness (QED) is 0.939. The molecule has 0 aliphatic heterocycles. The standard InChI is InChI=1S/C13H14BrN3O/c1-8-4-10(5-9(2)13(8)14)18-12-6-11(15-3)16-7-17-12/h4-7H,1-3H3,(H,15,16,17). The smallest absolute Gasteiger partial charge is 0.224 e. The Morgan fingerprint density at radius 1 is 1.11 bits per heavy atom. The molecule has 0 atom stereocenters. The minimum atomic E-state index is 0.524. The molecule has 0 radical (unpaired) electrons. The zero-order chi connectivity index (χ0) is 13.1. The van der Waals surface area contributed by atoms with Crippen LogP contribution in [-0.4, -0.2) is 17.0 Å². The van der Waals surface area contributed by atoms with Crippen molar-refractivity contribution in [2.75, 3.05) is 12.4 Å². The summed E-state index contributed by atoms with van der Waals surface area (Å²) in [5.74, 6) is 2.02. The van der Waals surface area contributed by atoms with Crippen LogP contribution in [0.25, 0.3) is 0 Å². The number of nitrogens with one attached hydrogen (secondary N) is 1. The molecule has 0 saturated carbocycles. The molecular formula is C13H14BrN3O. The average molecular weight is 308 g/mol. The Morgan fingerprint density at radius 2 is 1.78 bits per heavy atom. The van der Waals surface area contributed by atoms with E-state index in [2.05, 4.69) is 31.2 Å². The number of hydrogen-bond acceptors (Lipinski definition) is 4. The van der Waals surface area contributed by atoms with Crippen LogP contribution in [0.4, 0.5) is 5.82 Å². The molecule has 2 aromatic rings. The molecule has 1 aromatic heterocycles. The Balaban J connectivity index is 2.28. The predicted octanol–water partition coefficient (Wildman–Crippen LogP) is 3.69. The van der Waals surface area contributed by atoms with Crippen molar-refractivity contribution in [3.8, 4) is 11.6 Å². The van der Waals surface area contributed by atoms with E-state index < -0.39 is 0 Å². The van der Waals surface area contributed by atoms with Gasteiger partial charge in [-0.25, -0.2) is 9.97 Å². The van der Waals surface area contributed by atoms with Crippen LogP contribution in [0.5, 0.6) is 11.6 Å². The number of hydrogen-bond donors (Lipinski definition) is 1.